The lowest BCUT2D eigenvalue weighted by Crippen LogP contribution is -2.38. The third-order valence-electron chi connectivity index (χ3n) is 5.20. The van der Waals surface area contributed by atoms with Crippen LogP contribution in [-0.2, 0) is 11.2 Å². The van der Waals surface area contributed by atoms with Crippen molar-refractivity contribution in [3.8, 4) is 0 Å². The van der Waals surface area contributed by atoms with Crippen molar-refractivity contribution in [2.45, 2.75) is 58.0 Å². The molecule has 0 saturated heterocycles. The second kappa shape index (κ2) is 6.94. The molecule has 2 aromatic heterocycles. The number of benzene rings is 1. The Kier molecular flexibility index (Phi) is 4.49. The van der Waals surface area contributed by atoms with E-state index in [0.29, 0.717) is 12.5 Å². The van der Waals surface area contributed by atoms with Crippen LogP contribution in [0.3, 0.4) is 0 Å². The first-order valence-corrected chi connectivity index (χ1v) is 9.32. The van der Waals surface area contributed by atoms with Gasteiger partial charge in [0, 0.05) is 12.2 Å². The number of H-pyrrole nitrogens is 1. The highest BCUT2D eigenvalue weighted by molar-refractivity contribution is 5.81. The number of carbonyl (C=O) groups is 1. The molecule has 4 rings (SSSR count). The van der Waals surface area contributed by atoms with Crippen molar-refractivity contribution in [2.24, 2.45) is 0 Å². The molecule has 2 heterocycles. The summed E-state index contributed by atoms with van der Waals surface area (Å²) >= 11 is 0. The van der Waals surface area contributed by atoms with Crippen LogP contribution in [-0.4, -0.2) is 31.7 Å². The van der Waals surface area contributed by atoms with Crippen LogP contribution in [0.15, 0.2) is 30.6 Å². The molecule has 2 N–H and O–H groups in total. The minimum atomic E-state index is 0.0963. The van der Waals surface area contributed by atoms with Gasteiger partial charge < -0.3 is 10.3 Å². The van der Waals surface area contributed by atoms with E-state index in [1.54, 1.807) is 0 Å². The van der Waals surface area contributed by atoms with Gasteiger partial charge in [0.15, 0.2) is 0 Å². The molecule has 1 aliphatic rings. The fraction of sp³-hybridized carbons (Fsp3) is 0.450. The van der Waals surface area contributed by atoms with E-state index in [9.17, 15) is 4.79 Å². The van der Waals surface area contributed by atoms with Crippen LogP contribution in [0.5, 0.6) is 0 Å². The highest BCUT2D eigenvalue weighted by Gasteiger charge is 2.23. The number of hydrogen-bond acceptors (Lipinski definition) is 3. The monoisotopic (exact) mass is 351 g/mol. The molecule has 6 heteroatoms. The Balaban J connectivity index is 1.30. The summed E-state index contributed by atoms with van der Waals surface area (Å²) in [6.45, 7) is 4.00. The van der Waals surface area contributed by atoms with E-state index in [4.69, 9.17) is 0 Å². The summed E-state index contributed by atoms with van der Waals surface area (Å²) in [4.78, 5) is 20.0. The maximum Gasteiger partial charge on any atom is 0.224 e. The number of amides is 1. The zero-order valence-corrected chi connectivity index (χ0v) is 15.3. The van der Waals surface area contributed by atoms with E-state index < -0.39 is 0 Å². The number of aromatic amines is 1. The second-order valence-electron chi connectivity index (χ2n) is 7.42. The van der Waals surface area contributed by atoms with E-state index >= 15 is 0 Å². The molecule has 0 aliphatic heterocycles. The molecule has 6 nitrogen and oxygen atoms in total. The fourth-order valence-corrected chi connectivity index (χ4v) is 3.88. The zero-order chi connectivity index (χ0) is 18.1. The summed E-state index contributed by atoms with van der Waals surface area (Å²) in [6.07, 6.45) is 8.56. The van der Waals surface area contributed by atoms with Crippen molar-refractivity contribution in [1.29, 1.82) is 0 Å². The van der Waals surface area contributed by atoms with Crippen LogP contribution in [0, 0.1) is 13.8 Å². The maximum atomic E-state index is 12.4. The summed E-state index contributed by atoms with van der Waals surface area (Å²) in [5.74, 6) is 0.990. The number of hydrogen-bond donors (Lipinski definition) is 2. The molecule has 1 aromatic carbocycles. The normalized spacial score (nSPS) is 20.4. The van der Waals surface area contributed by atoms with Gasteiger partial charge in [-0.25, -0.2) is 4.98 Å². The van der Waals surface area contributed by atoms with Crippen LogP contribution in [0.1, 0.15) is 48.7 Å². The molecular weight excluding hydrogens is 326 g/mol. The molecule has 136 valence electrons. The smallest absolute Gasteiger partial charge is 0.224 e. The van der Waals surface area contributed by atoms with Gasteiger partial charge in [0.25, 0.3) is 0 Å². The third-order valence-corrected chi connectivity index (χ3v) is 5.20. The predicted octanol–water partition coefficient (Wildman–Crippen LogP) is 3.22. The van der Waals surface area contributed by atoms with Gasteiger partial charge in [-0.2, -0.15) is 5.10 Å². The van der Waals surface area contributed by atoms with Gasteiger partial charge in [-0.3, -0.25) is 9.48 Å². The summed E-state index contributed by atoms with van der Waals surface area (Å²) in [5.41, 5.74) is 4.14. The molecule has 0 atom stereocenters. The Morgan fingerprint density at radius 1 is 1.27 bits per heavy atom. The number of carbonyl (C=O) groups excluding carboxylic acids is 1. The molecular formula is C20H25N5O. The van der Waals surface area contributed by atoms with Gasteiger partial charge in [-0.1, -0.05) is 6.07 Å². The Labute approximate surface area is 153 Å². The lowest BCUT2D eigenvalue weighted by Gasteiger charge is -2.29. The zero-order valence-electron chi connectivity index (χ0n) is 15.3. The number of nitrogens with zero attached hydrogens (tertiary/aromatic N) is 3. The average molecular weight is 351 g/mol. The van der Waals surface area contributed by atoms with Gasteiger partial charge >= 0.3 is 0 Å². The van der Waals surface area contributed by atoms with Crippen molar-refractivity contribution in [2.75, 3.05) is 0 Å². The van der Waals surface area contributed by atoms with E-state index in [0.717, 1.165) is 48.1 Å². The maximum absolute atomic E-state index is 12.4. The number of rotatable bonds is 4. The summed E-state index contributed by atoms with van der Waals surface area (Å²) in [5, 5.41) is 7.63. The first kappa shape index (κ1) is 16.8. The van der Waals surface area contributed by atoms with Crippen LogP contribution < -0.4 is 5.32 Å². The molecule has 1 amide bonds. The standard InChI is InChI=1S/C20H25N5O/c1-13-11-21-25(12-13)17-6-4-16(5-7-17)24-20(26)10-15-3-8-18-19(9-15)23-14(2)22-18/h3,8-9,11-12,16-17H,4-7,10H2,1-2H3,(H,22,23)(H,24,26). The number of aryl methyl sites for hydroxylation is 2. The molecule has 0 spiro atoms. The predicted molar refractivity (Wildman–Crippen MR) is 101 cm³/mol. The van der Waals surface area contributed by atoms with Crippen LogP contribution in [0.4, 0.5) is 0 Å². The van der Waals surface area contributed by atoms with E-state index in [1.807, 2.05) is 31.3 Å². The second-order valence-corrected chi connectivity index (χ2v) is 7.42. The van der Waals surface area contributed by atoms with Gasteiger partial charge in [-0.15, -0.1) is 0 Å². The van der Waals surface area contributed by atoms with Crippen molar-refractivity contribution < 1.29 is 4.79 Å². The number of imidazole rings is 1. The first-order valence-electron chi connectivity index (χ1n) is 9.32. The number of aromatic nitrogens is 4. The van der Waals surface area contributed by atoms with Gasteiger partial charge in [0.05, 0.1) is 29.7 Å². The van der Waals surface area contributed by atoms with E-state index in [1.165, 1.54) is 5.56 Å². The van der Waals surface area contributed by atoms with Crippen LogP contribution >= 0.6 is 0 Å². The summed E-state index contributed by atoms with van der Waals surface area (Å²) in [6, 6.07) is 6.71. The largest absolute Gasteiger partial charge is 0.353 e. The molecule has 0 bridgehead atoms. The van der Waals surface area contributed by atoms with E-state index in [2.05, 4.69) is 38.2 Å². The highest BCUT2D eigenvalue weighted by Crippen LogP contribution is 2.28. The number of fused-ring (bicyclic) bond motifs is 1. The average Bonchev–Trinajstić information content (AvgIpc) is 3.20. The topological polar surface area (TPSA) is 75.6 Å². The Bertz CT molecular complexity index is 917. The Morgan fingerprint density at radius 2 is 2.08 bits per heavy atom. The van der Waals surface area contributed by atoms with Crippen molar-refractivity contribution in [1.82, 2.24) is 25.1 Å². The minimum absolute atomic E-state index is 0.0963. The van der Waals surface area contributed by atoms with Crippen molar-refractivity contribution in [3.63, 3.8) is 0 Å². The molecule has 3 aromatic rings. The van der Waals surface area contributed by atoms with Crippen LogP contribution in [0.2, 0.25) is 0 Å². The van der Waals surface area contributed by atoms with Crippen molar-refractivity contribution in [3.05, 3.63) is 47.5 Å². The molecule has 0 unspecified atom stereocenters. The number of nitrogens with one attached hydrogen (secondary N) is 2. The molecule has 1 aliphatic carbocycles. The molecule has 0 radical (unpaired) electrons. The molecule has 1 fully saturated rings. The molecule has 1 saturated carbocycles. The lowest BCUT2D eigenvalue weighted by atomic mass is 9.91. The van der Waals surface area contributed by atoms with E-state index in [-0.39, 0.29) is 11.9 Å². The van der Waals surface area contributed by atoms with Gasteiger partial charge in [0.1, 0.15) is 5.82 Å². The summed E-state index contributed by atoms with van der Waals surface area (Å²) in [7, 11) is 0. The lowest BCUT2D eigenvalue weighted by molar-refractivity contribution is -0.121. The fourth-order valence-electron chi connectivity index (χ4n) is 3.88. The third kappa shape index (κ3) is 3.64. The minimum Gasteiger partial charge on any atom is -0.353 e. The van der Waals surface area contributed by atoms with Crippen LogP contribution in [0.25, 0.3) is 11.0 Å². The SMILES string of the molecule is Cc1cnn(C2CCC(NC(=O)Cc3ccc4nc(C)[nH]c4c3)CC2)c1. The molecule has 26 heavy (non-hydrogen) atoms. The Hall–Kier alpha value is -2.63. The van der Waals surface area contributed by atoms with Gasteiger partial charge in [0.2, 0.25) is 5.91 Å². The Morgan fingerprint density at radius 3 is 2.81 bits per heavy atom. The first-order chi connectivity index (χ1) is 12.6. The quantitative estimate of drug-likeness (QED) is 0.758. The summed E-state index contributed by atoms with van der Waals surface area (Å²) < 4.78 is 2.08. The van der Waals surface area contributed by atoms with Crippen molar-refractivity contribution >= 4 is 16.9 Å². The highest BCUT2D eigenvalue weighted by atomic mass is 16.1. The van der Waals surface area contributed by atoms with Gasteiger partial charge in [-0.05, 0) is 62.8 Å².